The zero-order valence-electron chi connectivity index (χ0n) is 8.68. The van der Waals surface area contributed by atoms with Crippen molar-refractivity contribution in [3.63, 3.8) is 0 Å². The molecule has 0 fully saturated rings. The normalized spacial score (nSPS) is 19.2. The Labute approximate surface area is 97.6 Å². The molecule has 16 heavy (non-hydrogen) atoms. The zero-order chi connectivity index (χ0) is 11.7. The van der Waals surface area contributed by atoms with Crippen LogP contribution in [-0.2, 0) is 11.2 Å². The number of aliphatic hydroxyl groups is 1. The predicted octanol–water partition coefficient (Wildman–Crippen LogP) is 1.35. The van der Waals surface area contributed by atoms with E-state index in [4.69, 9.17) is 11.6 Å². The lowest BCUT2D eigenvalue weighted by molar-refractivity contribution is -0.00278. The largest absolute Gasteiger partial charge is 0.453 e. The van der Waals surface area contributed by atoms with Crippen LogP contribution in [-0.4, -0.2) is 34.7 Å². The van der Waals surface area contributed by atoms with Crippen molar-refractivity contribution < 1.29 is 14.6 Å². The fourth-order valence-electron chi connectivity index (χ4n) is 1.75. The van der Waals surface area contributed by atoms with Crippen LogP contribution in [0.25, 0.3) is 0 Å². The topological polar surface area (TPSA) is 62.7 Å². The van der Waals surface area contributed by atoms with Crippen LogP contribution in [0.4, 0.5) is 4.79 Å². The fraction of sp³-hybridized carbons (Fsp3) is 0.400. The average molecular weight is 243 g/mol. The van der Waals surface area contributed by atoms with Crippen molar-refractivity contribution >= 4 is 17.7 Å². The lowest BCUT2D eigenvalue weighted by Gasteiger charge is -2.31. The summed E-state index contributed by atoms with van der Waals surface area (Å²) in [6.45, 7) is 0.369. The molecule has 1 aliphatic heterocycles. The molecular formula is C10H11ClN2O3. The van der Waals surface area contributed by atoms with Crippen LogP contribution < -0.4 is 0 Å². The number of halogens is 1. The van der Waals surface area contributed by atoms with Crippen molar-refractivity contribution in [2.75, 3.05) is 13.7 Å². The second-order valence-electron chi connectivity index (χ2n) is 3.46. The summed E-state index contributed by atoms with van der Waals surface area (Å²) < 4.78 is 4.58. The Balaban J connectivity index is 2.32. The number of aromatic nitrogens is 1. The number of pyridine rings is 1. The highest BCUT2D eigenvalue weighted by Gasteiger charge is 2.30. The second kappa shape index (κ2) is 4.27. The Morgan fingerprint density at radius 1 is 1.69 bits per heavy atom. The summed E-state index contributed by atoms with van der Waals surface area (Å²) in [7, 11) is 1.28. The third-order valence-electron chi connectivity index (χ3n) is 2.55. The van der Waals surface area contributed by atoms with Gasteiger partial charge in [0.05, 0.1) is 12.8 Å². The maximum atomic E-state index is 11.4. The standard InChI is InChI=1S/C10H11ClN2O3/c1-16-10(15)13-5-4-7-6(9(13)14)2-3-8(11)12-7/h2-3,9,14H,4-5H2,1H3/t9-/m1/s1. The smallest absolute Gasteiger partial charge is 0.411 e. The van der Waals surface area contributed by atoms with E-state index < -0.39 is 12.3 Å². The fourth-order valence-corrected chi connectivity index (χ4v) is 1.91. The van der Waals surface area contributed by atoms with Gasteiger partial charge >= 0.3 is 6.09 Å². The van der Waals surface area contributed by atoms with Gasteiger partial charge in [-0.25, -0.2) is 9.78 Å². The van der Waals surface area contributed by atoms with Gasteiger partial charge in [0.2, 0.25) is 0 Å². The lowest BCUT2D eigenvalue weighted by atomic mass is 10.0. The van der Waals surface area contributed by atoms with Gasteiger partial charge in [0.25, 0.3) is 0 Å². The minimum atomic E-state index is -1.01. The van der Waals surface area contributed by atoms with Crippen LogP contribution in [0.5, 0.6) is 0 Å². The number of hydrogen-bond donors (Lipinski definition) is 1. The molecule has 1 aliphatic rings. The van der Waals surface area contributed by atoms with E-state index in [-0.39, 0.29) is 0 Å². The van der Waals surface area contributed by atoms with Gasteiger partial charge in [-0.3, -0.25) is 4.90 Å². The van der Waals surface area contributed by atoms with E-state index in [1.54, 1.807) is 12.1 Å². The number of methoxy groups -OCH3 is 1. The van der Waals surface area contributed by atoms with Gasteiger partial charge in [-0.1, -0.05) is 11.6 Å². The van der Waals surface area contributed by atoms with Gasteiger partial charge in [-0.05, 0) is 12.1 Å². The molecule has 1 atom stereocenters. The molecule has 0 unspecified atom stereocenters. The molecule has 5 nitrogen and oxygen atoms in total. The lowest BCUT2D eigenvalue weighted by Crippen LogP contribution is -2.40. The number of hydrogen-bond acceptors (Lipinski definition) is 4. The number of rotatable bonds is 0. The van der Waals surface area contributed by atoms with Crippen molar-refractivity contribution in [1.29, 1.82) is 0 Å². The minimum absolute atomic E-state index is 0.369. The summed E-state index contributed by atoms with van der Waals surface area (Å²) in [4.78, 5) is 16.7. The van der Waals surface area contributed by atoms with Crippen molar-refractivity contribution in [2.24, 2.45) is 0 Å². The highest BCUT2D eigenvalue weighted by atomic mass is 35.5. The van der Waals surface area contributed by atoms with Crippen molar-refractivity contribution in [2.45, 2.75) is 12.6 Å². The number of aliphatic hydroxyl groups excluding tert-OH is 1. The van der Waals surface area contributed by atoms with E-state index in [1.807, 2.05) is 0 Å². The number of carbonyl (C=O) groups is 1. The van der Waals surface area contributed by atoms with Gasteiger partial charge in [0.15, 0.2) is 6.23 Å². The van der Waals surface area contributed by atoms with Crippen LogP contribution in [0.15, 0.2) is 12.1 Å². The van der Waals surface area contributed by atoms with Crippen LogP contribution in [0.2, 0.25) is 5.15 Å². The molecule has 0 aliphatic carbocycles. The average Bonchev–Trinajstić information content (AvgIpc) is 2.28. The Kier molecular flexibility index (Phi) is 2.98. The number of amides is 1. The molecule has 0 bridgehead atoms. The van der Waals surface area contributed by atoms with Gasteiger partial charge in [-0.2, -0.15) is 0 Å². The molecular weight excluding hydrogens is 232 g/mol. The molecule has 0 radical (unpaired) electrons. The van der Waals surface area contributed by atoms with Gasteiger partial charge in [0, 0.05) is 18.5 Å². The van der Waals surface area contributed by atoms with E-state index in [9.17, 15) is 9.90 Å². The highest BCUT2D eigenvalue weighted by molar-refractivity contribution is 6.29. The van der Waals surface area contributed by atoms with Crippen LogP contribution in [0.3, 0.4) is 0 Å². The summed E-state index contributed by atoms with van der Waals surface area (Å²) in [6.07, 6.45) is -1.00. The Morgan fingerprint density at radius 2 is 2.44 bits per heavy atom. The van der Waals surface area contributed by atoms with E-state index in [0.717, 1.165) is 5.69 Å². The molecule has 0 saturated heterocycles. The maximum Gasteiger partial charge on any atom is 0.411 e. The SMILES string of the molecule is COC(=O)N1CCc2nc(Cl)ccc2[C@H]1O. The van der Waals surface area contributed by atoms with Crippen LogP contribution >= 0.6 is 11.6 Å². The highest BCUT2D eigenvalue weighted by Crippen LogP contribution is 2.27. The Morgan fingerprint density at radius 3 is 3.12 bits per heavy atom. The van der Waals surface area contributed by atoms with Crippen LogP contribution in [0.1, 0.15) is 17.5 Å². The number of nitrogens with zero attached hydrogens (tertiary/aromatic N) is 2. The molecule has 0 saturated carbocycles. The molecule has 1 aromatic heterocycles. The minimum Gasteiger partial charge on any atom is -0.453 e. The third kappa shape index (κ3) is 1.83. The van der Waals surface area contributed by atoms with Crippen molar-refractivity contribution in [3.8, 4) is 0 Å². The molecule has 2 heterocycles. The van der Waals surface area contributed by atoms with E-state index in [0.29, 0.717) is 23.7 Å². The number of fused-ring (bicyclic) bond motifs is 1. The third-order valence-corrected chi connectivity index (χ3v) is 2.76. The van der Waals surface area contributed by atoms with E-state index in [1.165, 1.54) is 12.0 Å². The first kappa shape index (κ1) is 11.2. The molecule has 1 amide bonds. The molecule has 1 N–H and O–H groups in total. The summed E-state index contributed by atoms with van der Waals surface area (Å²) in [5, 5.41) is 10.3. The van der Waals surface area contributed by atoms with Gasteiger partial charge in [0.1, 0.15) is 5.15 Å². The van der Waals surface area contributed by atoms with Crippen LogP contribution in [0, 0.1) is 0 Å². The maximum absolute atomic E-state index is 11.4. The molecule has 1 aromatic rings. The van der Waals surface area contributed by atoms with Crippen molar-refractivity contribution in [3.05, 3.63) is 28.5 Å². The van der Waals surface area contributed by atoms with Gasteiger partial charge < -0.3 is 9.84 Å². The van der Waals surface area contributed by atoms with E-state index in [2.05, 4.69) is 9.72 Å². The molecule has 0 spiro atoms. The molecule has 2 rings (SSSR count). The first-order valence-corrected chi connectivity index (χ1v) is 5.19. The monoisotopic (exact) mass is 242 g/mol. The first-order chi connectivity index (χ1) is 7.63. The Hall–Kier alpha value is -1.33. The van der Waals surface area contributed by atoms with E-state index >= 15 is 0 Å². The molecule has 0 aromatic carbocycles. The Bertz CT molecular complexity index is 425. The number of carbonyl (C=O) groups excluding carboxylic acids is 1. The van der Waals surface area contributed by atoms with Crippen molar-refractivity contribution in [1.82, 2.24) is 9.88 Å². The summed E-state index contributed by atoms with van der Waals surface area (Å²) >= 11 is 5.75. The first-order valence-electron chi connectivity index (χ1n) is 4.81. The zero-order valence-corrected chi connectivity index (χ0v) is 9.44. The quantitative estimate of drug-likeness (QED) is 0.698. The summed E-state index contributed by atoms with van der Waals surface area (Å²) in [5.74, 6) is 0. The summed E-state index contributed by atoms with van der Waals surface area (Å²) in [6, 6.07) is 3.26. The molecule has 86 valence electrons. The number of ether oxygens (including phenoxy) is 1. The summed E-state index contributed by atoms with van der Waals surface area (Å²) in [5.41, 5.74) is 1.32. The molecule has 6 heteroatoms. The second-order valence-corrected chi connectivity index (χ2v) is 3.84. The predicted molar refractivity (Wildman–Crippen MR) is 57.0 cm³/mol. The van der Waals surface area contributed by atoms with Gasteiger partial charge in [-0.15, -0.1) is 0 Å².